The van der Waals surface area contributed by atoms with Gasteiger partial charge in [-0.2, -0.15) is 4.98 Å². The van der Waals surface area contributed by atoms with E-state index in [-0.39, 0.29) is 5.82 Å². The van der Waals surface area contributed by atoms with Crippen molar-refractivity contribution in [3.05, 3.63) is 42.1 Å². The standard InChI is InChI=1S/C12H14FN5/c1-14-12-16-7-10(13)11(17-12)18(2)8-9-4-3-5-15-6-9/h3-7H,8H2,1-2H3,(H,14,16,17). The highest BCUT2D eigenvalue weighted by Gasteiger charge is 2.11. The van der Waals surface area contributed by atoms with Crippen LogP contribution in [0.1, 0.15) is 5.56 Å². The SMILES string of the molecule is CNc1ncc(F)c(N(C)Cc2cccnc2)n1. The second kappa shape index (κ2) is 5.39. The van der Waals surface area contributed by atoms with Gasteiger partial charge in [0.05, 0.1) is 6.20 Å². The summed E-state index contributed by atoms with van der Waals surface area (Å²) in [6.07, 6.45) is 4.61. The van der Waals surface area contributed by atoms with E-state index in [4.69, 9.17) is 0 Å². The Morgan fingerprint density at radius 2 is 2.22 bits per heavy atom. The quantitative estimate of drug-likeness (QED) is 0.891. The van der Waals surface area contributed by atoms with Crippen molar-refractivity contribution in [1.82, 2.24) is 15.0 Å². The van der Waals surface area contributed by atoms with Gasteiger partial charge in [0.15, 0.2) is 11.6 Å². The molecule has 0 spiro atoms. The first-order valence-corrected chi connectivity index (χ1v) is 5.51. The van der Waals surface area contributed by atoms with Gasteiger partial charge in [0.2, 0.25) is 5.95 Å². The van der Waals surface area contributed by atoms with Crippen LogP contribution in [0.3, 0.4) is 0 Å². The summed E-state index contributed by atoms with van der Waals surface area (Å²) in [4.78, 5) is 13.6. The molecule has 0 bridgehead atoms. The Balaban J connectivity index is 2.20. The monoisotopic (exact) mass is 247 g/mol. The molecule has 0 aliphatic carbocycles. The summed E-state index contributed by atoms with van der Waals surface area (Å²) in [6, 6.07) is 3.78. The van der Waals surface area contributed by atoms with E-state index < -0.39 is 5.82 Å². The maximum atomic E-state index is 13.6. The molecule has 94 valence electrons. The number of halogens is 1. The minimum atomic E-state index is -0.444. The summed E-state index contributed by atoms with van der Waals surface area (Å²) >= 11 is 0. The van der Waals surface area contributed by atoms with Crippen LogP contribution in [0.2, 0.25) is 0 Å². The lowest BCUT2D eigenvalue weighted by atomic mass is 10.3. The third-order valence-corrected chi connectivity index (χ3v) is 2.45. The first-order chi connectivity index (χ1) is 8.70. The van der Waals surface area contributed by atoms with Crippen LogP contribution in [0, 0.1) is 5.82 Å². The summed E-state index contributed by atoms with van der Waals surface area (Å²) in [5.41, 5.74) is 0.990. The summed E-state index contributed by atoms with van der Waals surface area (Å²) in [5.74, 6) is 0.211. The second-order valence-corrected chi connectivity index (χ2v) is 3.83. The van der Waals surface area contributed by atoms with Crippen molar-refractivity contribution in [2.75, 3.05) is 24.3 Å². The molecule has 18 heavy (non-hydrogen) atoms. The average Bonchev–Trinajstić information content (AvgIpc) is 2.40. The van der Waals surface area contributed by atoms with E-state index in [1.165, 1.54) is 0 Å². The average molecular weight is 247 g/mol. The molecule has 0 fully saturated rings. The van der Waals surface area contributed by atoms with Crippen LogP contribution >= 0.6 is 0 Å². The van der Waals surface area contributed by atoms with Gasteiger partial charge in [-0.25, -0.2) is 9.37 Å². The van der Waals surface area contributed by atoms with Gasteiger partial charge < -0.3 is 10.2 Å². The topological polar surface area (TPSA) is 53.9 Å². The molecule has 0 unspecified atom stereocenters. The van der Waals surface area contributed by atoms with Crippen LogP contribution in [-0.4, -0.2) is 29.0 Å². The Morgan fingerprint density at radius 1 is 1.39 bits per heavy atom. The second-order valence-electron chi connectivity index (χ2n) is 3.83. The Hall–Kier alpha value is -2.24. The van der Waals surface area contributed by atoms with Gasteiger partial charge in [0, 0.05) is 33.0 Å². The number of hydrogen-bond donors (Lipinski definition) is 1. The molecule has 0 atom stereocenters. The van der Waals surface area contributed by atoms with Crippen LogP contribution in [0.5, 0.6) is 0 Å². The normalized spacial score (nSPS) is 10.2. The highest BCUT2D eigenvalue weighted by atomic mass is 19.1. The summed E-state index contributed by atoms with van der Waals surface area (Å²) in [6.45, 7) is 0.533. The predicted octanol–water partition coefficient (Wildman–Crippen LogP) is 1.69. The van der Waals surface area contributed by atoms with Crippen LogP contribution in [0.25, 0.3) is 0 Å². The minimum absolute atomic E-state index is 0.262. The highest BCUT2D eigenvalue weighted by Crippen LogP contribution is 2.17. The Morgan fingerprint density at radius 3 is 2.89 bits per heavy atom. The molecule has 0 aliphatic heterocycles. The Bertz CT molecular complexity index is 517. The third-order valence-electron chi connectivity index (χ3n) is 2.45. The van der Waals surface area contributed by atoms with E-state index in [9.17, 15) is 4.39 Å². The molecule has 2 heterocycles. The van der Waals surface area contributed by atoms with E-state index in [0.29, 0.717) is 12.5 Å². The molecular formula is C12H14FN5. The molecular weight excluding hydrogens is 233 g/mol. The number of nitrogens with zero attached hydrogens (tertiary/aromatic N) is 4. The molecule has 0 aromatic carbocycles. The molecule has 6 heteroatoms. The van der Waals surface area contributed by atoms with Crippen molar-refractivity contribution in [2.45, 2.75) is 6.54 Å². The fourth-order valence-electron chi connectivity index (χ4n) is 1.59. The largest absolute Gasteiger partial charge is 0.357 e. The van der Waals surface area contributed by atoms with Gasteiger partial charge in [0.25, 0.3) is 0 Å². The number of anilines is 2. The predicted molar refractivity (Wildman–Crippen MR) is 67.9 cm³/mol. The van der Waals surface area contributed by atoms with Gasteiger partial charge >= 0.3 is 0 Å². The number of nitrogens with one attached hydrogen (secondary N) is 1. The van der Waals surface area contributed by atoms with Crippen LogP contribution in [-0.2, 0) is 6.54 Å². The van der Waals surface area contributed by atoms with Crippen molar-refractivity contribution in [2.24, 2.45) is 0 Å². The fourth-order valence-corrected chi connectivity index (χ4v) is 1.59. The number of pyridine rings is 1. The smallest absolute Gasteiger partial charge is 0.224 e. The van der Waals surface area contributed by atoms with Crippen molar-refractivity contribution >= 4 is 11.8 Å². The van der Waals surface area contributed by atoms with E-state index in [0.717, 1.165) is 11.8 Å². The molecule has 2 rings (SSSR count). The van der Waals surface area contributed by atoms with Crippen LogP contribution < -0.4 is 10.2 Å². The first kappa shape index (κ1) is 12.2. The molecule has 0 aliphatic rings. The van der Waals surface area contributed by atoms with Crippen molar-refractivity contribution < 1.29 is 4.39 Å². The minimum Gasteiger partial charge on any atom is -0.357 e. The number of aromatic nitrogens is 3. The summed E-state index contributed by atoms with van der Waals surface area (Å²) in [7, 11) is 3.47. The zero-order valence-corrected chi connectivity index (χ0v) is 10.3. The first-order valence-electron chi connectivity index (χ1n) is 5.51. The molecule has 0 saturated carbocycles. The van der Waals surface area contributed by atoms with Gasteiger partial charge in [-0.05, 0) is 11.6 Å². The van der Waals surface area contributed by atoms with E-state index in [2.05, 4.69) is 20.3 Å². The maximum absolute atomic E-state index is 13.6. The van der Waals surface area contributed by atoms with Gasteiger partial charge in [-0.3, -0.25) is 4.98 Å². The van der Waals surface area contributed by atoms with Crippen molar-refractivity contribution in [3.8, 4) is 0 Å². The Kier molecular flexibility index (Phi) is 3.66. The molecule has 0 radical (unpaired) electrons. The van der Waals surface area contributed by atoms with Crippen molar-refractivity contribution in [3.63, 3.8) is 0 Å². The lowest BCUT2D eigenvalue weighted by molar-refractivity contribution is 0.608. The molecule has 0 amide bonds. The maximum Gasteiger partial charge on any atom is 0.224 e. The number of hydrogen-bond acceptors (Lipinski definition) is 5. The van der Waals surface area contributed by atoms with Crippen molar-refractivity contribution in [1.29, 1.82) is 0 Å². The highest BCUT2D eigenvalue weighted by molar-refractivity contribution is 5.43. The van der Waals surface area contributed by atoms with E-state index in [1.807, 2.05) is 12.1 Å². The number of rotatable bonds is 4. The zero-order valence-electron chi connectivity index (χ0n) is 10.3. The summed E-state index contributed by atoms with van der Waals surface area (Å²) < 4.78 is 13.6. The van der Waals surface area contributed by atoms with Gasteiger partial charge in [-0.15, -0.1) is 0 Å². The summed E-state index contributed by atoms with van der Waals surface area (Å²) in [5, 5.41) is 2.79. The fraction of sp³-hybridized carbons (Fsp3) is 0.250. The zero-order chi connectivity index (χ0) is 13.0. The third kappa shape index (κ3) is 2.71. The Labute approximate surface area is 105 Å². The lowest BCUT2D eigenvalue weighted by Crippen LogP contribution is -2.20. The molecule has 2 aromatic rings. The molecule has 0 saturated heterocycles. The molecule has 1 N–H and O–H groups in total. The van der Waals surface area contributed by atoms with E-state index in [1.54, 1.807) is 31.4 Å². The van der Waals surface area contributed by atoms with Gasteiger partial charge in [0.1, 0.15) is 0 Å². The van der Waals surface area contributed by atoms with E-state index >= 15 is 0 Å². The molecule has 2 aromatic heterocycles. The van der Waals surface area contributed by atoms with Crippen LogP contribution in [0.15, 0.2) is 30.7 Å². The van der Waals surface area contributed by atoms with Crippen LogP contribution in [0.4, 0.5) is 16.2 Å². The molecule has 5 nitrogen and oxygen atoms in total. The lowest BCUT2D eigenvalue weighted by Gasteiger charge is -2.18. The van der Waals surface area contributed by atoms with Gasteiger partial charge in [-0.1, -0.05) is 6.07 Å².